The molecular formula is C10H11NO3. The average Bonchev–Trinajstić information content (AvgIpc) is 2.25. The van der Waals surface area contributed by atoms with Crippen LogP contribution in [0, 0.1) is 0 Å². The van der Waals surface area contributed by atoms with Crippen LogP contribution in [0.4, 0.5) is 0 Å². The van der Waals surface area contributed by atoms with Gasteiger partial charge in [0.25, 0.3) is 0 Å². The molecule has 74 valence electrons. The fourth-order valence-corrected chi connectivity index (χ4v) is 1.08. The third-order valence-electron chi connectivity index (χ3n) is 1.74. The lowest BCUT2D eigenvalue weighted by Gasteiger charge is -2.06. The molecule has 1 aromatic carbocycles. The van der Waals surface area contributed by atoms with Gasteiger partial charge in [0.15, 0.2) is 0 Å². The van der Waals surface area contributed by atoms with Gasteiger partial charge in [-0.05, 0) is 17.7 Å². The van der Waals surface area contributed by atoms with E-state index in [1.807, 2.05) is 0 Å². The monoisotopic (exact) mass is 193 g/mol. The third-order valence-corrected chi connectivity index (χ3v) is 1.74. The Kier molecular flexibility index (Phi) is 3.70. The van der Waals surface area contributed by atoms with Crippen molar-refractivity contribution >= 4 is 6.08 Å². The van der Waals surface area contributed by atoms with Gasteiger partial charge in [-0.25, -0.2) is 9.79 Å². The van der Waals surface area contributed by atoms with Crippen LogP contribution >= 0.6 is 0 Å². The number of rotatable bonds is 4. The van der Waals surface area contributed by atoms with Gasteiger partial charge >= 0.3 is 0 Å². The quantitative estimate of drug-likeness (QED) is 0.538. The van der Waals surface area contributed by atoms with Crippen molar-refractivity contribution in [2.24, 2.45) is 4.99 Å². The molecule has 0 atom stereocenters. The summed E-state index contributed by atoms with van der Waals surface area (Å²) in [6.07, 6.45) is 1.48. The maximum absolute atomic E-state index is 9.93. The Morgan fingerprint density at radius 2 is 1.79 bits per heavy atom. The first-order chi connectivity index (χ1) is 6.80. The Hall–Kier alpha value is -1.80. The number of hydrogen-bond donors (Lipinski definition) is 0. The summed E-state index contributed by atoms with van der Waals surface area (Å²) in [7, 11) is 3.14. The molecule has 0 amide bonds. The maximum atomic E-state index is 9.93. The van der Waals surface area contributed by atoms with Crippen molar-refractivity contribution < 1.29 is 14.3 Å². The summed E-state index contributed by atoms with van der Waals surface area (Å²) in [6.45, 7) is 0.289. The Balaban J connectivity index is 2.97. The molecule has 0 unspecified atom stereocenters. The third kappa shape index (κ3) is 2.61. The summed E-state index contributed by atoms with van der Waals surface area (Å²) < 4.78 is 10.1. The largest absolute Gasteiger partial charge is 0.497 e. The first-order valence-corrected chi connectivity index (χ1v) is 4.05. The lowest BCUT2D eigenvalue weighted by molar-refractivity contribution is 0.393. The second kappa shape index (κ2) is 5.04. The topological polar surface area (TPSA) is 47.9 Å². The fraction of sp³-hybridized carbons (Fsp3) is 0.300. The smallest absolute Gasteiger partial charge is 0.235 e. The summed E-state index contributed by atoms with van der Waals surface area (Å²) in [5.74, 6) is 1.36. The molecule has 0 N–H and O–H groups in total. The molecular weight excluding hydrogens is 182 g/mol. The summed E-state index contributed by atoms with van der Waals surface area (Å²) in [5, 5.41) is 0. The highest BCUT2D eigenvalue weighted by molar-refractivity contribution is 5.40. The van der Waals surface area contributed by atoms with Crippen LogP contribution in [0.1, 0.15) is 5.56 Å². The van der Waals surface area contributed by atoms with Crippen molar-refractivity contribution in [3.8, 4) is 11.5 Å². The Labute approximate surface area is 82.2 Å². The van der Waals surface area contributed by atoms with E-state index in [4.69, 9.17) is 9.47 Å². The zero-order valence-corrected chi connectivity index (χ0v) is 8.11. The van der Waals surface area contributed by atoms with Crippen molar-refractivity contribution in [1.29, 1.82) is 0 Å². The van der Waals surface area contributed by atoms with Crippen LogP contribution in [0.3, 0.4) is 0 Å². The van der Waals surface area contributed by atoms with Gasteiger partial charge in [0.05, 0.1) is 20.8 Å². The Morgan fingerprint density at radius 1 is 1.21 bits per heavy atom. The second-order valence-electron chi connectivity index (χ2n) is 2.63. The van der Waals surface area contributed by atoms with Gasteiger partial charge in [0, 0.05) is 6.07 Å². The predicted octanol–water partition coefficient (Wildman–Crippen LogP) is 1.54. The molecule has 0 spiro atoms. The van der Waals surface area contributed by atoms with Crippen LogP contribution in [0.5, 0.6) is 11.5 Å². The molecule has 0 fully saturated rings. The first kappa shape index (κ1) is 10.3. The predicted molar refractivity (Wildman–Crippen MR) is 51.4 cm³/mol. The number of aliphatic imine (C=N–C) groups is 1. The molecule has 0 heterocycles. The van der Waals surface area contributed by atoms with Crippen LogP contribution in [-0.4, -0.2) is 20.3 Å². The zero-order chi connectivity index (χ0) is 10.4. The van der Waals surface area contributed by atoms with Crippen molar-refractivity contribution in [3.05, 3.63) is 23.8 Å². The number of methoxy groups -OCH3 is 2. The van der Waals surface area contributed by atoms with E-state index in [-0.39, 0.29) is 6.54 Å². The number of benzene rings is 1. The van der Waals surface area contributed by atoms with Crippen molar-refractivity contribution in [2.75, 3.05) is 14.2 Å². The summed E-state index contributed by atoms with van der Waals surface area (Å²) in [6, 6.07) is 5.35. The zero-order valence-electron chi connectivity index (χ0n) is 8.11. The van der Waals surface area contributed by atoms with E-state index in [0.717, 1.165) is 5.56 Å². The van der Waals surface area contributed by atoms with E-state index in [0.29, 0.717) is 11.5 Å². The summed E-state index contributed by atoms with van der Waals surface area (Å²) in [4.78, 5) is 13.4. The van der Waals surface area contributed by atoms with Gasteiger partial charge in [-0.2, -0.15) is 0 Å². The average molecular weight is 193 g/mol. The van der Waals surface area contributed by atoms with Crippen LogP contribution in [0.2, 0.25) is 0 Å². The van der Waals surface area contributed by atoms with Crippen molar-refractivity contribution in [2.45, 2.75) is 6.54 Å². The first-order valence-electron chi connectivity index (χ1n) is 4.05. The van der Waals surface area contributed by atoms with E-state index in [1.54, 1.807) is 32.4 Å². The van der Waals surface area contributed by atoms with Gasteiger partial charge < -0.3 is 9.47 Å². The number of hydrogen-bond acceptors (Lipinski definition) is 4. The van der Waals surface area contributed by atoms with Gasteiger partial charge in [-0.15, -0.1) is 0 Å². The SMILES string of the molecule is COc1cc(CN=C=O)cc(OC)c1. The standard InChI is InChI=1S/C10H11NO3/c1-13-9-3-8(6-11-7-12)4-10(5-9)14-2/h3-5H,6H2,1-2H3. The van der Waals surface area contributed by atoms with E-state index in [1.165, 1.54) is 6.08 Å². The Morgan fingerprint density at radius 3 is 2.21 bits per heavy atom. The minimum absolute atomic E-state index is 0.289. The molecule has 1 rings (SSSR count). The highest BCUT2D eigenvalue weighted by atomic mass is 16.5. The second-order valence-corrected chi connectivity index (χ2v) is 2.63. The molecule has 0 aromatic heterocycles. The van der Waals surface area contributed by atoms with Gasteiger partial charge in [-0.3, -0.25) is 0 Å². The number of nitrogens with zero attached hydrogens (tertiary/aromatic N) is 1. The highest BCUT2D eigenvalue weighted by Crippen LogP contribution is 2.22. The number of carbonyl (C=O) groups excluding carboxylic acids is 1. The van der Waals surface area contributed by atoms with E-state index in [2.05, 4.69) is 4.99 Å². The molecule has 0 aliphatic carbocycles. The van der Waals surface area contributed by atoms with E-state index < -0.39 is 0 Å². The van der Waals surface area contributed by atoms with E-state index >= 15 is 0 Å². The molecule has 0 aliphatic heterocycles. The highest BCUT2D eigenvalue weighted by Gasteiger charge is 2.00. The lowest BCUT2D eigenvalue weighted by Crippen LogP contribution is -1.90. The van der Waals surface area contributed by atoms with Gasteiger partial charge in [-0.1, -0.05) is 0 Å². The molecule has 4 heteroatoms. The number of isocyanates is 1. The molecule has 0 radical (unpaired) electrons. The maximum Gasteiger partial charge on any atom is 0.235 e. The minimum atomic E-state index is 0.289. The fourth-order valence-electron chi connectivity index (χ4n) is 1.08. The molecule has 14 heavy (non-hydrogen) atoms. The lowest BCUT2D eigenvalue weighted by atomic mass is 10.2. The molecule has 0 saturated carbocycles. The molecule has 0 saturated heterocycles. The van der Waals surface area contributed by atoms with E-state index in [9.17, 15) is 4.79 Å². The molecule has 4 nitrogen and oxygen atoms in total. The summed E-state index contributed by atoms with van der Waals surface area (Å²) >= 11 is 0. The van der Waals surface area contributed by atoms with Gasteiger partial charge in [0.1, 0.15) is 11.5 Å². The molecule has 1 aromatic rings. The number of ether oxygens (including phenoxy) is 2. The molecule has 0 bridgehead atoms. The van der Waals surface area contributed by atoms with Crippen LogP contribution < -0.4 is 9.47 Å². The van der Waals surface area contributed by atoms with Crippen LogP contribution in [0.15, 0.2) is 23.2 Å². The Bertz CT molecular complexity index is 334. The van der Waals surface area contributed by atoms with Crippen molar-refractivity contribution in [3.63, 3.8) is 0 Å². The molecule has 0 aliphatic rings. The normalized spacial score (nSPS) is 9.00. The van der Waals surface area contributed by atoms with Crippen molar-refractivity contribution in [1.82, 2.24) is 0 Å². The summed E-state index contributed by atoms with van der Waals surface area (Å²) in [5.41, 5.74) is 0.851. The minimum Gasteiger partial charge on any atom is -0.497 e. The van der Waals surface area contributed by atoms with Crippen LogP contribution in [0.25, 0.3) is 0 Å². The van der Waals surface area contributed by atoms with Crippen LogP contribution in [-0.2, 0) is 11.3 Å². The van der Waals surface area contributed by atoms with Gasteiger partial charge in [0.2, 0.25) is 6.08 Å².